The van der Waals surface area contributed by atoms with Crippen molar-refractivity contribution >= 4 is 5.96 Å². The molecule has 3 aliphatic rings. The molecule has 8 nitrogen and oxygen atoms in total. The van der Waals surface area contributed by atoms with Crippen LogP contribution in [0.15, 0.2) is 5.16 Å². The molecule has 0 saturated heterocycles. The summed E-state index contributed by atoms with van der Waals surface area (Å²) >= 11 is 0. The molecule has 0 N–H and O–H groups in total. The average Bonchev–Trinajstić information content (AvgIpc) is 2.33. The Morgan fingerprint density at radius 2 is 1.95 bits per heavy atom. The highest BCUT2D eigenvalue weighted by Gasteiger charge is 2.54. The van der Waals surface area contributed by atoms with Crippen LogP contribution < -0.4 is 0 Å². The molecule has 19 heavy (non-hydrogen) atoms. The van der Waals surface area contributed by atoms with Gasteiger partial charge in [0.1, 0.15) is 0 Å². The zero-order chi connectivity index (χ0) is 14.2. The number of guanidine groups is 1. The number of oxime groups is 1. The molecule has 3 atom stereocenters. The fourth-order valence-corrected chi connectivity index (χ4v) is 3.49. The average molecular weight is 271 g/mol. The standard InChI is InChI=1S/C11H17N3O5/c1-11(2)8-4-3-7(9(11)5-8)6-19-12-10(13(15)16)14(17)18/h7-9H,3-6H2,1-2H3/t7-,8-,9-/m0/s1. The SMILES string of the molecule is CC1(C)[C@H]2CC[C@@H](CON=C([N+](=O)[O-])[N+](=O)[O-])[C@@H]1C2. The van der Waals surface area contributed by atoms with Gasteiger partial charge in [0.2, 0.25) is 0 Å². The molecule has 3 rings (SSSR count). The van der Waals surface area contributed by atoms with E-state index in [0.717, 1.165) is 25.2 Å². The van der Waals surface area contributed by atoms with Crippen molar-refractivity contribution in [2.24, 2.45) is 28.3 Å². The Kier molecular flexibility index (Phi) is 3.42. The molecular weight excluding hydrogens is 254 g/mol. The highest BCUT2D eigenvalue weighted by Crippen LogP contribution is 2.61. The molecule has 2 bridgehead atoms. The van der Waals surface area contributed by atoms with E-state index in [2.05, 4.69) is 19.0 Å². The summed E-state index contributed by atoms with van der Waals surface area (Å²) in [5.74, 6) is 0.200. The maximum atomic E-state index is 10.4. The first-order chi connectivity index (χ1) is 8.84. The molecule has 0 aromatic carbocycles. The Labute approximate surface area is 110 Å². The van der Waals surface area contributed by atoms with E-state index < -0.39 is 15.8 Å². The van der Waals surface area contributed by atoms with Crippen molar-refractivity contribution in [1.82, 2.24) is 0 Å². The first-order valence-electron chi connectivity index (χ1n) is 6.32. The Hall–Kier alpha value is -1.73. The minimum atomic E-state index is -1.36. The van der Waals surface area contributed by atoms with Gasteiger partial charge in [-0.3, -0.25) is 4.84 Å². The van der Waals surface area contributed by atoms with Crippen LogP contribution >= 0.6 is 0 Å². The van der Waals surface area contributed by atoms with Crippen molar-refractivity contribution in [2.75, 3.05) is 6.61 Å². The summed E-state index contributed by atoms with van der Waals surface area (Å²) in [5.41, 5.74) is 0.283. The zero-order valence-corrected chi connectivity index (χ0v) is 10.9. The lowest BCUT2D eigenvalue weighted by molar-refractivity contribution is -0.505. The van der Waals surface area contributed by atoms with Crippen LogP contribution in [-0.4, -0.2) is 22.4 Å². The third-order valence-corrected chi connectivity index (χ3v) is 4.76. The molecular formula is C11H17N3O5. The zero-order valence-electron chi connectivity index (χ0n) is 10.9. The van der Waals surface area contributed by atoms with Gasteiger partial charge in [-0.1, -0.05) is 13.8 Å². The molecule has 0 amide bonds. The Balaban J connectivity index is 1.91. The van der Waals surface area contributed by atoms with Crippen LogP contribution in [0.3, 0.4) is 0 Å². The molecule has 8 heteroatoms. The quantitative estimate of drug-likeness (QED) is 0.337. The molecule has 106 valence electrons. The molecule has 0 aromatic rings. The van der Waals surface area contributed by atoms with Crippen LogP contribution in [0.1, 0.15) is 33.1 Å². The Morgan fingerprint density at radius 1 is 1.32 bits per heavy atom. The second kappa shape index (κ2) is 4.75. The van der Waals surface area contributed by atoms with E-state index in [9.17, 15) is 20.2 Å². The van der Waals surface area contributed by atoms with Crippen molar-refractivity contribution in [1.29, 1.82) is 0 Å². The van der Waals surface area contributed by atoms with E-state index in [1.165, 1.54) is 0 Å². The lowest BCUT2D eigenvalue weighted by Crippen LogP contribution is -2.53. The number of fused-ring (bicyclic) bond motifs is 2. The summed E-state index contributed by atoms with van der Waals surface area (Å²) in [4.78, 5) is 23.3. The summed E-state index contributed by atoms with van der Waals surface area (Å²) in [7, 11) is 0. The second-order valence-corrected chi connectivity index (χ2v) is 5.90. The molecule has 0 heterocycles. The van der Waals surface area contributed by atoms with E-state index in [4.69, 9.17) is 4.84 Å². The third kappa shape index (κ3) is 2.39. The molecule has 0 aromatic heterocycles. The topological polar surface area (TPSA) is 108 Å². The molecule has 0 radical (unpaired) electrons. The van der Waals surface area contributed by atoms with Crippen LogP contribution in [0.25, 0.3) is 0 Å². The lowest BCUT2D eigenvalue weighted by Gasteiger charge is -2.59. The van der Waals surface area contributed by atoms with Crippen LogP contribution in [0.2, 0.25) is 0 Å². The molecule has 0 aliphatic heterocycles. The van der Waals surface area contributed by atoms with Gasteiger partial charge in [0.05, 0.1) is 9.85 Å². The van der Waals surface area contributed by atoms with Gasteiger partial charge < -0.3 is 20.2 Å². The van der Waals surface area contributed by atoms with Crippen molar-refractivity contribution in [3.05, 3.63) is 20.2 Å². The van der Waals surface area contributed by atoms with Gasteiger partial charge in [0.15, 0.2) is 6.61 Å². The van der Waals surface area contributed by atoms with Gasteiger partial charge in [0, 0.05) is 5.92 Å². The first-order valence-corrected chi connectivity index (χ1v) is 6.32. The summed E-state index contributed by atoms with van der Waals surface area (Å²) in [5, 5.41) is 23.7. The fourth-order valence-electron chi connectivity index (χ4n) is 3.49. The smallest absolute Gasteiger partial charge is 0.320 e. The predicted molar refractivity (Wildman–Crippen MR) is 65.5 cm³/mol. The van der Waals surface area contributed by atoms with Crippen molar-refractivity contribution in [3.8, 4) is 0 Å². The monoisotopic (exact) mass is 271 g/mol. The predicted octanol–water partition coefficient (Wildman–Crippen LogP) is 1.90. The normalized spacial score (nSPS) is 30.9. The van der Waals surface area contributed by atoms with E-state index >= 15 is 0 Å². The van der Waals surface area contributed by atoms with E-state index in [1.807, 2.05) is 0 Å². The second-order valence-electron chi connectivity index (χ2n) is 5.90. The van der Waals surface area contributed by atoms with E-state index in [1.54, 1.807) is 0 Å². The van der Waals surface area contributed by atoms with Crippen LogP contribution in [-0.2, 0) is 4.84 Å². The van der Waals surface area contributed by atoms with Crippen LogP contribution in [0.4, 0.5) is 0 Å². The maximum absolute atomic E-state index is 10.4. The van der Waals surface area contributed by atoms with Crippen LogP contribution in [0.5, 0.6) is 0 Å². The number of hydrogen-bond acceptors (Lipinski definition) is 6. The molecule has 3 saturated carbocycles. The molecule has 0 unspecified atom stereocenters. The third-order valence-electron chi connectivity index (χ3n) is 4.76. The number of hydrogen-bond donors (Lipinski definition) is 0. The van der Waals surface area contributed by atoms with Crippen molar-refractivity contribution in [2.45, 2.75) is 33.1 Å². The summed E-state index contributed by atoms with van der Waals surface area (Å²) in [6, 6.07) is 0. The van der Waals surface area contributed by atoms with Crippen molar-refractivity contribution in [3.63, 3.8) is 0 Å². The minimum Gasteiger partial charge on any atom is -0.320 e. The van der Waals surface area contributed by atoms with Gasteiger partial charge in [-0.05, 0) is 36.5 Å². The maximum Gasteiger partial charge on any atom is 0.718 e. The van der Waals surface area contributed by atoms with Gasteiger partial charge in [-0.25, -0.2) is 0 Å². The van der Waals surface area contributed by atoms with Gasteiger partial charge in [0.25, 0.3) is 5.16 Å². The molecule has 3 fully saturated rings. The number of nitrogens with zero attached hydrogens (tertiary/aromatic N) is 3. The lowest BCUT2D eigenvalue weighted by atomic mass is 9.46. The first kappa shape index (κ1) is 13.7. The van der Waals surface area contributed by atoms with Crippen LogP contribution in [0, 0.1) is 43.4 Å². The van der Waals surface area contributed by atoms with Gasteiger partial charge in [-0.2, -0.15) is 0 Å². The van der Waals surface area contributed by atoms with Crippen molar-refractivity contribution < 1.29 is 14.7 Å². The van der Waals surface area contributed by atoms with E-state index in [0.29, 0.717) is 5.92 Å². The molecule has 0 spiro atoms. The summed E-state index contributed by atoms with van der Waals surface area (Å²) < 4.78 is 0. The summed E-state index contributed by atoms with van der Waals surface area (Å²) in [6.07, 6.45) is 3.28. The number of rotatable bonds is 3. The Morgan fingerprint density at radius 3 is 2.42 bits per heavy atom. The minimum absolute atomic E-state index is 0.214. The van der Waals surface area contributed by atoms with Gasteiger partial charge >= 0.3 is 5.96 Å². The van der Waals surface area contributed by atoms with E-state index in [-0.39, 0.29) is 17.9 Å². The highest BCUT2D eigenvalue weighted by molar-refractivity contribution is 5.61. The fraction of sp³-hybridized carbons (Fsp3) is 0.909. The Bertz CT molecular complexity index is 416. The largest absolute Gasteiger partial charge is 0.718 e. The number of nitro groups is 2. The molecule has 3 aliphatic carbocycles. The van der Waals surface area contributed by atoms with Gasteiger partial charge in [-0.15, -0.1) is 0 Å². The highest BCUT2D eigenvalue weighted by atomic mass is 16.7. The summed E-state index contributed by atoms with van der Waals surface area (Å²) in [6.45, 7) is 4.66.